The van der Waals surface area contributed by atoms with Crippen molar-refractivity contribution in [3.05, 3.63) is 0 Å². The molecule has 3 heteroatoms. The number of nitrogens with zero attached hydrogens (tertiary/aromatic N) is 2. The standard InChI is InChI=1S/C14H29N3/c1-13(17-11-7-15-8-12-17)3-4-14-5-9-16(2)10-6-14/h13-15H,3-12H2,1-2H3. The van der Waals surface area contributed by atoms with Crippen LogP contribution in [-0.2, 0) is 0 Å². The number of likely N-dealkylation sites (tertiary alicyclic amines) is 1. The van der Waals surface area contributed by atoms with Gasteiger partial charge in [0.15, 0.2) is 0 Å². The van der Waals surface area contributed by atoms with Gasteiger partial charge in [-0.3, -0.25) is 4.90 Å². The van der Waals surface area contributed by atoms with Crippen LogP contribution in [0.4, 0.5) is 0 Å². The molecular weight excluding hydrogens is 210 g/mol. The third-order valence-corrected chi connectivity index (χ3v) is 4.61. The Morgan fingerprint density at radius 3 is 2.41 bits per heavy atom. The Morgan fingerprint density at radius 2 is 1.76 bits per heavy atom. The summed E-state index contributed by atoms with van der Waals surface area (Å²) in [6.07, 6.45) is 5.68. The van der Waals surface area contributed by atoms with Gasteiger partial charge in [0.2, 0.25) is 0 Å². The van der Waals surface area contributed by atoms with Gasteiger partial charge in [-0.05, 0) is 58.7 Å². The largest absolute Gasteiger partial charge is 0.314 e. The van der Waals surface area contributed by atoms with E-state index < -0.39 is 0 Å². The molecule has 100 valence electrons. The number of hydrogen-bond donors (Lipinski definition) is 1. The van der Waals surface area contributed by atoms with Crippen LogP contribution in [0.1, 0.15) is 32.6 Å². The molecule has 2 saturated heterocycles. The van der Waals surface area contributed by atoms with Gasteiger partial charge in [-0.25, -0.2) is 0 Å². The predicted molar refractivity (Wildman–Crippen MR) is 73.4 cm³/mol. The maximum atomic E-state index is 3.43. The van der Waals surface area contributed by atoms with Crippen molar-refractivity contribution in [1.82, 2.24) is 15.1 Å². The number of hydrogen-bond acceptors (Lipinski definition) is 3. The molecule has 0 aromatic heterocycles. The molecule has 0 amide bonds. The molecule has 0 aromatic carbocycles. The normalized spacial score (nSPS) is 27.2. The first-order valence-electron chi connectivity index (χ1n) is 7.39. The van der Waals surface area contributed by atoms with Crippen molar-refractivity contribution in [2.45, 2.75) is 38.6 Å². The van der Waals surface area contributed by atoms with Crippen molar-refractivity contribution < 1.29 is 0 Å². The van der Waals surface area contributed by atoms with Crippen LogP contribution in [0.15, 0.2) is 0 Å². The molecule has 2 aliphatic rings. The van der Waals surface area contributed by atoms with Gasteiger partial charge in [0.05, 0.1) is 0 Å². The highest BCUT2D eigenvalue weighted by Crippen LogP contribution is 2.22. The second-order valence-corrected chi connectivity index (χ2v) is 5.96. The van der Waals surface area contributed by atoms with E-state index in [0.717, 1.165) is 12.0 Å². The summed E-state index contributed by atoms with van der Waals surface area (Å²) in [7, 11) is 2.25. The van der Waals surface area contributed by atoms with Gasteiger partial charge in [-0.2, -0.15) is 0 Å². The van der Waals surface area contributed by atoms with Crippen molar-refractivity contribution in [3.8, 4) is 0 Å². The summed E-state index contributed by atoms with van der Waals surface area (Å²) >= 11 is 0. The molecule has 0 saturated carbocycles. The van der Waals surface area contributed by atoms with Gasteiger partial charge in [-0.1, -0.05) is 0 Å². The van der Waals surface area contributed by atoms with Gasteiger partial charge < -0.3 is 10.2 Å². The van der Waals surface area contributed by atoms with E-state index in [0.29, 0.717) is 0 Å². The third kappa shape index (κ3) is 4.23. The Kier molecular flexibility index (Phi) is 5.26. The van der Waals surface area contributed by atoms with Crippen molar-refractivity contribution in [2.75, 3.05) is 46.3 Å². The molecule has 2 heterocycles. The Bertz CT molecular complexity index is 206. The van der Waals surface area contributed by atoms with Crippen molar-refractivity contribution in [1.29, 1.82) is 0 Å². The lowest BCUT2D eigenvalue weighted by Gasteiger charge is -2.34. The lowest BCUT2D eigenvalue weighted by molar-refractivity contribution is 0.155. The summed E-state index contributed by atoms with van der Waals surface area (Å²) in [6, 6.07) is 0.789. The van der Waals surface area contributed by atoms with Gasteiger partial charge in [0.25, 0.3) is 0 Å². The quantitative estimate of drug-likeness (QED) is 0.800. The van der Waals surface area contributed by atoms with E-state index in [1.54, 1.807) is 0 Å². The Balaban J connectivity index is 1.63. The van der Waals surface area contributed by atoms with Crippen molar-refractivity contribution >= 4 is 0 Å². The first kappa shape index (κ1) is 13.3. The second kappa shape index (κ2) is 6.72. The Morgan fingerprint density at radius 1 is 1.12 bits per heavy atom. The monoisotopic (exact) mass is 239 g/mol. The van der Waals surface area contributed by atoms with E-state index in [1.807, 2.05) is 0 Å². The first-order chi connectivity index (χ1) is 8.25. The predicted octanol–water partition coefficient (Wildman–Crippen LogP) is 1.40. The number of piperazine rings is 1. The summed E-state index contributed by atoms with van der Waals surface area (Å²) < 4.78 is 0. The minimum Gasteiger partial charge on any atom is -0.314 e. The molecule has 0 aromatic rings. The molecule has 2 rings (SSSR count). The maximum Gasteiger partial charge on any atom is 0.0110 e. The van der Waals surface area contributed by atoms with Gasteiger partial charge in [0, 0.05) is 32.2 Å². The summed E-state index contributed by atoms with van der Waals surface area (Å²) in [5.74, 6) is 0.997. The smallest absolute Gasteiger partial charge is 0.0110 e. The molecule has 2 aliphatic heterocycles. The Hall–Kier alpha value is -0.120. The minimum absolute atomic E-state index is 0.789. The number of rotatable bonds is 4. The lowest BCUT2D eigenvalue weighted by Crippen LogP contribution is -2.47. The Labute approximate surface area is 107 Å². The van der Waals surface area contributed by atoms with Crippen LogP contribution in [0.2, 0.25) is 0 Å². The van der Waals surface area contributed by atoms with E-state index in [-0.39, 0.29) is 0 Å². The number of nitrogens with one attached hydrogen (secondary N) is 1. The molecule has 1 atom stereocenters. The highest BCUT2D eigenvalue weighted by atomic mass is 15.2. The van der Waals surface area contributed by atoms with Crippen LogP contribution in [-0.4, -0.2) is 62.2 Å². The molecule has 1 unspecified atom stereocenters. The van der Waals surface area contributed by atoms with Crippen LogP contribution in [0.25, 0.3) is 0 Å². The summed E-state index contributed by atoms with van der Waals surface area (Å²) in [5, 5.41) is 3.43. The average molecular weight is 239 g/mol. The van der Waals surface area contributed by atoms with Gasteiger partial charge in [0.1, 0.15) is 0 Å². The minimum atomic E-state index is 0.789. The van der Waals surface area contributed by atoms with Crippen molar-refractivity contribution in [2.24, 2.45) is 5.92 Å². The zero-order valence-electron chi connectivity index (χ0n) is 11.6. The summed E-state index contributed by atoms with van der Waals surface area (Å²) in [6.45, 7) is 9.89. The summed E-state index contributed by atoms with van der Waals surface area (Å²) in [4.78, 5) is 5.13. The maximum absolute atomic E-state index is 3.43. The molecular formula is C14H29N3. The molecule has 0 spiro atoms. The molecule has 2 fully saturated rings. The fraction of sp³-hybridized carbons (Fsp3) is 1.00. The molecule has 0 bridgehead atoms. The fourth-order valence-corrected chi connectivity index (χ4v) is 3.13. The van der Waals surface area contributed by atoms with E-state index in [4.69, 9.17) is 0 Å². The van der Waals surface area contributed by atoms with Gasteiger partial charge >= 0.3 is 0 Å². The molecule has 0 aliphatic carbocycles. The van der Waals surface area contributed by atoms with Crippen molar-refractivity contribution in [3.63, 3.8) is 0 Å². The highest BCUT2D eigenvalue weighted by Gasteiger charge is 2.20. The zero-order valence-corrected chi connectivity index (χ0v) is 11.6. The second-order valence-electron chi connectivity index (χ2n) is 5.96. The molecule has 17 heavy (non-hydrogen) atoms. The lowest BCUT2D eigenvalue weighted by atomic mass is 9.91. The van der Waals surface area contributed by atoms with Crippen LogP contribution in [0, 0.1) is 5.92 Å². The van der Waals surface area contributed by atoms with Crippen LogP contribution in [0.5, 0.6) is 0 Å². The molecule has 1 N–H and O–H groups in total. The van der Waals surface area contributed by atoms with E-state index in [1.165, 1.54) is 65.0 Å². The fourth-order valence-electron chi connectivity index (χ4n) is 3.13. The van der Waals surface area contributed by atoms with Crippen LogP contribution in [0.3, 0.4) is 0 Å². The van der Waals surface area contributed by atoms with Crippen LogP contribution < -0.4 is 5.32 Å². The third-order valence-electron chi connectivity index (χ3n) is 4.61. The van der Waals surface area contributed by atoms with Gasteiger partial charge in [-0.15, -0.1) is 0 Å². The summed E-state index contributed by atoms with van der Waals surface area (Å²) in [5.41, 5.74) is 0. The zero-order chi connectivity index (χ0) is 12.1. The van der Waals surface area contributed by atoms with E-state index in [2.05, 4.69) is 29.1 Å². The molecule has 0 radical (unpaired) electrons. The van der Waals surface area contributed by atoms with E-state index in [9.17, 15) is 0 Å². The molecule has 3 nitrogen and oxygen atoms in total. The highest BCUT2D eigenvalue weighted by molar-refractivity contribution is 4.76. The van der Waals surface area contributed by atoms with E-state index >= 15 is 0 Å². The average Bonchev–Trinajstić information content (AvgIpc) is 2.39. The topological polar surface area (TPSA) is 18.5 Å². The first-order valence-corrected chi connectivity index (χ1v) is 7.39. The number of piperidine rings is 1. The van der Waals surface area contributed by atoms with Crippen LogP contribution >= 0.6 is 0 Å². The SMILES string of the molecule is CC(CCC1CCN(C)CC1)N1CCNCC1.